The molecule has 0 radical (unpaired) electrons. The van der Waals surface area contributed by atoms with E-state index in [1.165, 1.54) is 24.4 Å². The number of amides is 1. The maximum atomic E-state index is 12.6. The maximum Gasteiger partial charge on any atom is 0.274 e. The van der Waals surface area contributed by atoms with E-state index < -0.39 is 0 Å². The monoisotopic (exact) mass is 311 g/mol. The van der Waals surface area contributed by atoms with Gasteiger partial charge in [0.2, 0.25) is 0 Å². The third-order valence-electron chi connectivity index (χ3n) is 4.78. The summed E-state index contributed by atoms with van der Waals surface area (Å²) in [5, 5.41) is 0. The van der Waals surface area contributed by atoms with E-state index in [1.807, 2.05) is 11.1 Å². The first-order chi connectivity index (χ1) is 11.2. The van der Waals surface area contributed by atoms with Crippen molar-refractivity contribution in [1.29, 1.82) is 0 Å². The Hall–Kier alpha value is -2.24. The Morgan fingerprint density at radius 3 is 2.78 bits per heavy atom. The minimum atomic E-state index is -0.0199. The van der Waals surface area contributed by atoms with Gasteiger partial charge >= 0.3 is 0 Å². The predicted octanol–water partition coefficient (Wildman–Crippen LogP) is 2.34. The fourth-order valence-electron chi connectivity index (χ4n) is 3.50. The normalized spacial score (nSPS) is 21.4. The summed E-state index contributed by atoms with van der Waals surface area (Å²) in [6.45, 7) is 3.63. The molecular formula is C17H21N5O. The number of piperidine rings is 1. The minimum Gasteiger partial charge on any atom is -0.335 e. The lowest BCUT2D eigenvalue weighted by Crippen LogP contribution is -2.41. The van der Waals surface area contributed by atoms with E-state index in [1.54, 1.807) is 18.6 Å². The smallest absolute Gasteiger partial charge is 0.274 e. The molecule has 1 atom stereocenters. The van der Waals surface area contributed by atoms with E-state index in [2.05, 4.69) is 26.4 Å². The fourth-order valence-corrected chi connectivity index (χ4v) is 3.50. The van der Waals surface area contributed by atoms with Gasteiger partial charge in [-0.2, -0.15) is 0 Å². The molecule has 1 unspecified atom stereocenters. The number of hydrogen-bond donors (Lipinski definition) is 0. The lowest BCUT2D eigenvalue weighted by atomic mass is 10.0. The molecule has 2 aromatic heterocycles. The van der Waals surface area contributed by atoms with Gasteiger partial charge in [0, 0.05) is 43.3 Å². The fraction of sp³-hybridized carbons (Fsp3) is 0.529. The first-order valence-corrected chi connectivity index (χ1v) is 8.33. The molecule has 6 heteroatoms. The van der Waals surface area contributed by atoms with Gasteiger partial charge < -0.3 is 9.47 Å². The zero-order chi connectivity index (χ0) is 15.8. The molecule has 0 spiro atoms. The number of nitrogens with zero attached hydrogens (tertiary/aromatic N) is 5. The Morgan fingerprint density at radius 2 is 2.04 bits per heavy atom. The molecule has 0 bridgehead atoms. The van der Waals surface area contributed by atoms with Crippen LogP contribution >= 0.6 is 0 Å². The highest BCUT2D eigenvalue weighted by molar-refractivity contribution is 5.92. The standard InChI is InChI=1S/C17H21N5O/c1-12-9-20-16(13-4-5-13)22(12)14-3-2-8-21(11-14)17(23)15-10-18-6-7-19-15/h6-7,9-10,13-14H,2-5,8,11H2,1H3. The van der Waals surface area contributed by atoms with Gasteiger partial charge in [-0.3, -0.25) is 9.78 Å². The van der Waals surface area contributed by atoms with Crippen LogP contribution in [0.25, 0.3) is 0 Å². The Labute approximate surface area is 135 Å². The van der Waals surface area contributed by atoms with E-state index in [0.29, 0.717) is 17.7 Å². The van der Waals surface area contributed by atoms with E-state index in [0.717, 1.165) is 25.9 Å². The van der Waals surface area contributed by atoms with Crippen LogP contribution in [-0.4, -0.2) is 43.4 Å². The zero-order valence-electron chi connectivity index (χ0n) is 13.4. The zero-order valence-corrected chi connectivity index (χ0v) is 13.4. The Balaban J connectivity index is 1.56. The van der Waals surface area contributed by atoms with Crippen LogP contribution in [0.5, 0.6) is 0 Å². The highest BCUT2D eigenvalue weighted by Gasteiger charge is 2.33. The second kappa shape index (κ2) is 5.76. The second-order valence-corrected chi connectivity index (χ2v) is 6.54. The summed E-state index contributed by atoms with van der Waals surface area (Å²) < 4.78 is 2.37. The van der Waals surface area contributed by atoms with Crippen molar-refractivity contribution in [2.45, 2.75) is 44.6 Å². The lowest BCUT2D eigenvalue weighted by molar-refractivity contribution is 0.0670. The van der Waals surface area contributed by atoms with Crippen molar-refractivity contribution in [1.82, 2.24) is 24.4 Å². The average molecular weight is 311 g/mol. The predicted molar refractivity (Wildman–Crippen MR) is 85.1 cm³/mol. The van der Waals surface area contributed by atoms with Crippen molar-refractivity contribution >= 4 is 5.91 Å². The summed E-state index contributed by atoms with van der Waals surface area (Å²) in [6, 6.07) is 0.322. The summed E-state index contributed by atoms with van der Waals surface area (Å²) in [6.07, 6.45) is 11.3. The van der Waals surface area contributed by atoms with Crippen LogP contribution in [-0.2, 0) is 0 Å². The first kappa shape index (κ1) is 14.4. The molecule has 2 aliphatic rings. The molecule has 23 heavy (non-hydrogen) atoms. The molecule has 2 aromatic rings. The van der Waals surface area contributed by atoms with E-state index in [4.69, 9.17) is 0 Å². The summed E-state index contributed by atoms with van der Waals surface area (Å²) >= 11 is 0. The third kappa shape index (κ3) is 2.73. The van der Waals surface area contributed by atoms with Crippen LogP contribution in [0.2, 0.25) is 0 Å². The van der Waals surface area contributed by atoms with Crippen molar-refractivity contribution in [2.24, 2.45) is 0 Å². The van der Waals surface area contributed by atoms with Crippen LogP contribution < -0.4 is 0 Å². The van der Waals surface area contributed by atoms with E-state index in [9.17, 15) is 4.79 Å². The number of carbonyl (C=O) groups is 1. The first-order valence-electron chi connectivity index (χ1n) is 8.33. The summed E-state index contributed by atoms with van der Waals surface area (Å²) in [4.78, 5) is 27.3. The molecule has 0 aromatic carbocycles. The van der Waals surface area contributed by atoms with Crippen molar-refractivity contribution in [2.75, 3.05) is 13.1 Å². The molecule has 1 saturated heterocycles. The molecule has 3 heterocycles. The second-order valence-electron chi connectivity index (χ2n) is 6.54. The van der Waals surface area contributed by atoms with Gasteiger partial charge in [0.25, 0.3) is 5.91 Å². The molecule has 1 amide bonds. The van der Waals surface area contributed by atoms with Crippen LogP contribution in [0.1, 0.15) is 59.6 Å². The van der Waals surface area contributed by atoms with Gasteiger partial charge in [-0.05, 0) is 32.6 Å². The number of aromatic nitrogens is 4. The number of carbonyl (C=O) groups excluding carboxylic acids is 1. The molecule has 120 valence electrons. The molecule has 1 saturated carbocycles. The Bertz CT molecular complexity index is 707. The van der Waals surface area contributed by atoms with Crippen molar-refractivity contribution in [3.05, 3.63) is 42.0 Å². The summed E-state index contributed by atoms with van der Waals surface area (Å²) in [5.41, 5.74) is 1.63. The molecule has 0 N–H and O–H groups in total. The largest absolute Gasteiger partial charge is 0.335 e. The molecule has 6 nitrogen and oxygen atoms in total. The summed E-state index contributed by atoms with van der Waals surface area (Å²) in [7, 11) is 0. The van der Waals surface area contributed by atoms with Gasteiger partial charge in [-0.25, -0.2) is 9.97 Å². The third-order valence-corrected chi connectivity index (χ3v) is 4.78. The number of aryl methyl sites for hydroxylation is 1. The van der Waals surface area contributed by atoms with Crippen molar-refractivity contribution in [3.8, 4) is 0 Å². The van der Waals surface area contributed by atoms with Gasteiger partial charge in [0.05, 0.1) is 12.2 Å². The Kier molecular flexibility index (Phi) is 3.59. The van der Waals surface area contributed by atoms with Gasteiger partial charge in [-0.1, -0.05) is 0 Å². The number of likely N-dealkylation sites (tertiary alicyclic amines) is 1. The van der Waals surface area contributed by atoms with Crippen LogP contribution in [0.3, 0.4) is 0 Å². The molecule has 1 aliphatic carbocycles. The highest BCUT2D eigenvalue weighted by Crippen LogP contribution is 2.41. The topological polar surface area (TPSA) is 63.9 Å². The van der Waals surface area contributed by atoms with Gasteiger partial charge in [-0.15, -0.1) is 0 Å². The lowest BCUT2D eigenvalue weighted by Gasteiger charge is -2.34. The summed E-state index contributed by atoms with van der Waals surface area (Å²) in [5.74, 6) is 1.81. The average Bonchev–Trinajstić information content (AvgIpc) is 3.37. The van der Waals surface area contributed by atoms with Gasteiger partial charge in [0.15, 0.2) is 0 Å². The van der Waals surface area contributed by atoms with Crippen LogP contribution in [0.15, 0.2) is 24.8 Å². The number of hydrogen-bond acceptors (Lipinski definition) is 4. The molecule has 2 fully saturated rings. The van der Waals surface area contributed by atoms with E-state index >= 15 is 0 Å². The minimum absolute atomic E-state index is 0.0199. The van der Waals surface area contributed by atoms with Gasteiger partial charge in [0.1, 0.15) is 11.5 Å². The van der Waals surface area contributed by atoms with Crippen molar-refractivity contribution in [3.63, 3.8) is 0 Å². The number of rotatable bonds is 3. The molecule has 4 rings (SSSR count). The van der Waals surface area contributed by atoms with E-state index in [-0.39, 0.29) is 5.91 Å². The van der Waals surface area contributed by atoms with Crippen LogP contribution in [0.4, 0.5) is 0 Å². The molecular weight excluding hydrogens is 290 g/mol. The number of imidazole rings is 1. The highest BCUT2D eigenvalue weighted by atomic mass is 16.2. The Morgan fingerprint density at radius 1 is 1.17 bits per heavy atom. The molecule has 1 aliphatic heterocycles. The van der Waals surface area contributed by atoms with Crippen molar-refractivity contribution < 1.29 is 4.79 Å². The quantitative estimate of drug-likeness (QED) is 0.873. The van der Waals surface area contributed by atoms with Crippen LogP contribution in [0, 0.1) is 6.92 Å². The SMILES string of the molecule is Cc1cnc(C2CC2)n1C1CCCN(C(=O)c2cnccn2)C1. The maximum absolute atomic E-state index is 12.6.